The fourth-order valence-electron chi connectivity index (χ4n) is 3.69. The van der Waals surface area contributed by atoms with Crippen LogP contribution >= 0.6 is 0 Å². The molecule has 2 unspecified atom stereocenters. The van der Waals surface area contributed by atoms with Gasteiger partial charge in [-0.15, -0.1) is 0 Å². The SMILES string of the molecule is CC1=NC(N)=NC2C1CC(c1ncc[nH]1)=CN2[C@@H]1CCCOC1. The maximum atomic E-state index is 5.92. The molecule has 1 saturated heterocycles. The average molecular weight is 314 g/mol. The maximum absolute atomic E-state index is 5.92. The third-order valence-corrected chi connectivity index (χ3v) is 4.86. The molecule has 1 aromatic rings. The number of rotatable bonds is 2. The number of H-pyrrole nitrogens is 1. The smallest absolute Gasteiger partial charge is 0.217 e. The van der Waals surface area contributed by atoms with Crippen LogP contribution in [-0.4, -0.2) is 52.0 Å². The molecular weight excluding hydrogens is 292 g/mol. The van der Waals surface area contributed by atoms with Crippen LogP contribution in [-0.2, 0) is 4.74 Å². The molecule has 3 aliphatic rings. The van der Waals surface area contributed by atoms with Crippen LogP contribution in [0.4, 0.5) is 0 Å². The summed E-state index contributed by atoms with van der Waals surface area (Å²) in [5.41, 5.74) is 8.15. The molecule has 4 heterocycles. The number of aromatic amines is 1. The number of hydrogen-bond donors (Lipinski definition) is 2. The van der Waals surface area contributed by atoms with Crippen molar-refractivity contribution < 1.29 is 4.74 Å². The Bertz CT molecular complexity index is 656. The summed E-state index contributed by atoms with van der Waals surface area (Å²) in [6, 6.07) is 0.323. The van der Waals surface area contributed by atoms with E-state index in [1.807, 2.05) is 13.1 Å². The topological polar surface area (TPSA) is 91.9 Å². The van der Waals surface area contributed by atoms with Crippen molar-refractivity contribution in [1.29, 1.82) is 0 Å². The van der Waals surface area contributed by atoms with E-state index < -0.39 is 0 Å². The zero-order chi connectivity index (χ0) is 15.8. The number of nitrogens with one attached hydrogen (secondary N) is 1. The van der Waals surface area contributed by atoms with Crippen LogP contribution in [0.3, 0.4) is 0 Å². The van der Waals surface area contributed by atoms with Crippen LogP contribution in [0.15, 0.2) is 28.6 Å². The van der Waals surface area contributed by atoms with E-state index in [0.29, 0.717) is 12.0 Å². The van der Waals surface area contributed by atoms with Crippen molar-refractivity contribution in [3.8, 4) is 0 Å². The van der Waals surface area contributed by atoms with E-state index in [0.717, 1.165) is 44.0 Å². The standard InChI is InChI=1S/C16H22N6O/c1-10-13-7-11(14-18-4-5-19-14)8-22(12-3-2-6-23-9-12)15(13)21-16(17)20-10/h4-5,8,12-13,15H,2-3,6-7,9H2,1H3,(H2,17,21)(H,18,19)/t12-,13?,15?/m1/s1. The molecule has 23 heavy (non-hydrogen) atoms. The Balaban J connectivity index is 1.72. The van der Waals surface area contributed by atoms with Crippen molar-refractivity contribution in [3.63, 3.8) is 0 Å². The number of allylic oxidation sites excluding steroid dienone is 1. The van der Waals surface area contributed by atoms with E-state index in [1.54, 1.807) is 6.20 Å². The molecule has 1 fully saturated rings. The minimum Gasteiger partial charge on any atom is -0.379 e. The van der Waals surface area contributed by atoms with Crippen molar-refractivity contribution in [3.05, 3.63) is 24.4 Å². The summed E-state index contributed by atoms with van der Waals surface area (Å²) >= 11 is 0. The molecule has 122 valence electrons. The van der Waals surface area contributed by atoms with Crippen LogP contribution in [0, 0.1) is 5.92 Å². The van der Waals surface area contributed by atoms with Gasteiger partial charge in [0, 0.05) is 42.4 Å². The number of aromatic nitrogens is 2. The molecule has 4 rings (SSSR count). The van der Waals surface area contributed by atoms with Gasteiger partial charge in [0.15, 0.2) is 0 Å². The Hall–Kier alpha value is -2.15. The van der Waals surface area contributed by atoms with E-state index >= 15 is 0 Å². The molecule has 0 saturated carbocycles. The number of guanidine groups is 1. The van der Waals surface area contributed by atoms with Gasteiger partial charge in [-0.1, -0.05) is 0 Å². The lowest BCUT2D eigenvalue weighted by atomic mass is 9.86. The Morgan fingerprint density at radius 2 is 2.35 bits per heavy atom. The quantitative estimate of drug-likeness (QED) is 0.862. The normalized spacial score (nSPS) is 31.1. The zero-order valence-electron chi connectivity index (χ0n) is 13.3. The van der Waals surface area contributed by atoms with Crippen molar-refractivity contribution >= 4 is 17.2 Å². The summed E-state index contributed by atoms with van der Waals surface area (Å²) < 4.78 is 5.69. The molecule has 0 aliphatic carbocycles. The summed E-state index contributed by atoms with van der Waals surface area (Å²) in [5.74, 6) is 1.52. The summed E-state index contributed by atoms with van der Waals surface area (Å²) in [6.07, 6.45) is 8.90. The highest BCUT2D eigenvalue weighted by molar-refractivity contribution is 5.99. The van der Waals surface area contributed by atoms with Crippen LogP contribution in [0.2, 0.25) is 0 Å². The van der Waals surface area contributed by atoms with Gasteiger partial charge in [0.2, 0.25) is 5.96 Å². The van der Waals surface area contributed by atoms with Crippen LogP contribution in [0.25, 0.3) is 5.57 Å². The van der Waals surface area contributed by atoms with E-state index in [2.05, 4.69) is 31.1 Å². The molecule has 0 amide bonds. The molecular formula is C16H22N6O. The third-order valence-electron chi connectivity index (χ3n) is 4.86. The molecule has 3 atom stereocenters. The van der Waals surface area contributed by atoms with E-state index in [-0.39, 0.29) is 12.1 Å². The minimum absolute atomic E-state index is 0.0120. The maximum Gasteiger partial charge on any atom is 0.217 e. The number of nitrogens with zero attached hydrogens (tertiary/aromatic N) is 4. The number of imidazole rings is 1. The highest BCUT2D eigenvalue weighted by atomic mass is 16.5. The van der Waals surface area contributed by atoms with Gasteiger partial charge >= 0.3 is 0 Å². The highest BCUT2D eigenvalue weighted by Crippen LogP contribution is 2.36. The molecule has 0 radical (unpaired) electrons. The first-order valence-electron chi connectivity index (χ1n) is 8.16. The largest absolute Gasteiger partial charge is 0.379 e. The molecule has 7 heteroatoms. The van der Waals surface area contributed by atoms with Gasteiger partial charge in [-0.3, -0.25) is 0 Å². The molecule has 0 spiro atoms. The number of nitrogens with two attached hydrogens (primary N) is 1. The second-order valence-electron chi connectivity index (χ2n) is 6.38. The second-order valence-corrected chi connectivity index (χ2v) is 6.38. The number of hydrogen-bond acceptors (Lipinski definition) is 6. The van der Waals surface area contributed by atoms with Crippen molar-refractivity contribution in [2.75, 3.05) is 13.2 Å². The van der Waals surface area contributed by atoms with Gasteiger partial charge in [-0.25, -0.2) is 15.0 Å². The fraction of sp³-hybridized carbons (Fsp3) is 0.562. The minimum atomic E-state index is 0.0120. The molecule has 3 aliphatic heterocycles. The Morgan fingerprint density at radius 1 is 1.43 bits per heavy atom. The molecule has 1 aromatic heterocycles. The van der Waals surface area contributed by atoms with E-state index in [1.165, 1.54) is 5.57 Å². The number of fused-ring (bicyclic) bond motifs is 1. The van der Waals surface area contributed by atoms with Crippen molar-refractivity contribution in [1.82, 2.24) is 14.9 Å². The lowest BCUT2D eigenvalue weighted by Gasteiger charge is -2.44. The molecule has 0 bridgehead atoms. The summed E-state index contributed by atoms with van der Waals surface area (Å²) in [7, 11) is 0. The van der Waals surface area contributed by atoms with Gasteiger partial charge in [0.05, 0.1) is 12.6 Å². The molecule has 7 nitrogen and oxygen atoms in total. The Morgan fingerprint density at radius 3 is 3.09 bits per heavy atom. The predicted octanol–water partition coefficient (Wildman–Crippen LogP) is 1.37. The third kappa shape index (κ3) is 2.65. The van der Waals surface area contributed by atoms with Gasteiger partial charge in [0.25, 0.3) is 0 Å². The highest BCUT2D eigenvalue weighted by Gasteiger charge is 2.39. The van der Waals surface area contributed by atoms with Gasteiger partial charge < -0.3 is 20.4 Å². The van der Waals surface area contributed by atoms with Gasteiger partial charge in [-0.2, -0.15) is 0 Å². The summed E-state index contributed by atoms with van der Waals surface area (Å²) in [6.45, 7) is 3.62. The average Bonchev–Trinajstić information content (AvgIpc) is 3.09. The monoisotopic (exact) mass is 314 g/mol. The fourth-order valence-corrected chi connectivity index (χ4v) is 3.69. The molecule has 3 N–H and O–H groups in total. The van der Waals surface area contributed by atoms with Crippen LogP contribution in [0.5, 0.6) is 0 Å². The first-order valence-corrected chi connectivity index (χ1v) is 8.16. The molecule has 0 aromatic carbocycles. The summed E-state index contributed by atoms with van der Waals surface area (Å²) in [5, 5.41) is 0. The zero-order valence-corrected chi connectivity index (χ0v) is 13.3. The van der Waals surface area contributed by atoms with Gasteiger partial charge in [0.1, 0.15) is 12.0 Å². The van der Waals surface area contributed by atoms with E-state index in [4.69, 9.17) is 10.5 Å². The van der Waals surface area contributed by atoms with Crippen molar-refractivity contribution in [2.24, 2.45) is 21.6 Å². The number of aliphatic imine (C=N–C) groups is 2. The lowest BCUT2D eigenvalue weighted by molar-refractivity contribution is 0.0153. The first-order chi connectivity index (χ1) is 11.2. The summed E-state index contributed by atoms with van der Waals surface area (Å²) in [4.78, 5) is 19.0. The Kier molecular flexibility index (Phi) is 3.65. The van der Waals surface area contributed by atoms with Gasteiger partial charge in [-0.05, 0) is 26.2 Å². The first kappa shape index (κ1) is 14.4. The van der Waals surface area contributed by atoms with Crippen LogP contribution in [0.1, 0.15) is 32.0 Å². The van der Waals surface area contributed by atoms with E-state index in [9.17, 15) is 0 Å². The lowest BCUT2D eigenvalue weighted by Crippen LogP contribution is -2.51. The second kappa shape index (κ2) is 5.81. The van der Waals surface area contributed by atoms with Crippen LogP contribution < -0.4 is 5.73 Å². The number of ether oxygens (including phenoxy) is 1. The predicted molar refractivity (Wildman–Crippen MR) is 88.9 cm³/mol. The Labute approximate surface area is 135 Å². The van der Waals surface area contributed by atoms with Crippen molar-refractivity contribution in [2.45, 2.75) is 38.4 Å².